The molecule has 34 nitrogen and oxygen atoms in total. The molecule has 12 heterocycles. The van der Waals surface area contributed by atoms with E-state index in [0.29, 0.717) is 107 Å². The summed E-state index contributed by atoms with van der Waals surface area (Å²) in [7, 11) is 0. The Labute approximate surface area is 793 Å². The average Bonchev–Trinajstić information content (AvgIpc) is 1.61. The van der Waals surface area contributed by atoms with Crippen LogP contribution in [0.3, 0.4) is 0 Å². The van der Waals surface area contributed by atoms with Gasteiger partial charge in [-0.25, -0.2) is 81.6 Å². The van der Waals surface area contributed by atoms with Gasteiger partial charge in [0, 0.05) is 104 Å². The van der Waals surface area contributed by atoms with Gasteiger partial charge in [-0.15, -0.1) is 21.5 Å². The number of fused-ring (bicyclic) bond motifs is 4. The SMILES string of the molecule is C.C.C.C.CC(C)(C)c1cc(NC(=O)Nc2ccc(-c3cn(C4CC4)c4ncnc(N)c34)cc2F)sn1.CC(C)(C)c1csc(NC(=O)Nc2ccc(-c3cn(C4CC4)c4ncnc(N)c34)cc2F)n1.CC(C)(C)c1nnc(NC(=O)Nc2ccc(-c3cn(C4CC4)c4ncnc(N)c34)cc2F)s1.CC1(c2cc(NC(=O)Nc3ccc(-c4cn(C5CC5)c5ncnc(N)c45)cc3F)on2)CC1. The second-order valence-corrected chi connectivity index (χ2v) is 39.2. The number of halogens is 4. The number of nitrogen functional groups attached to an aromatic ring is 4. The molecule has 0 radical (unpaired) electrons. The molecule has 710 valence electrons. The molecule has 5 aliphatic rings. The van der Waals surface area contributed by atoms with Gasteiger partial charge in [0.25, 0.3) is 0 Å². The molecular formula is C95H109F4N29O5S3. The van der Waals surface area contributed by atoms with Gasteiger partial charge >= 0.3 is 24.1 Å². The van der Waals surface area contributed by atoms with Gasteiger partial charge in [0.05, 0.1) is 61.4 Å². The fourth-order valence-electron chi connectivity index (χ4n) is 15.0. The topological polar surface area (TPSA) is 469 Å². The summed E-state index contributed by atoms with van der Waals surface area (Å²) in [6, 6.07) is 21.3. The van der Waals surface area contributed by atoms with Crippen molar-refractivity contribution in [2.24, 2.45) is 0 Å². The molecule has 0 saturated heterocycles. The van der Waals surface area contributed by atoms with Gasteiger partial charge in [-0.05, 0) is 153 Å². The summed E-state index contributed by atoms with van der Waals surface area (Å²) in [6.07, 6.45) is 24.3. The number of nitrogens with zero attached hydrogens (tertiary/aromatic N) is 17. The third kappa shape index (κ3) is 21.0. The van der Waals surface area contributed by atoms with E-state index in [0.717, 1.165) is 131 Å². The molecule has 5 saturated carbocycles. The van der Waals surface area contributed by atoms with Crippen LogP contribution in [0.5, 0.6) is 0 Å². The first-order chi connectivity index (χ1) is 63.0. The van der Waals surface area contributed by atoms with Crippen LogP contribution < -0.4 is 65.5 Å². The Balaban J connectivity index is 0.000000144. The van der Waals surface area contributed by atoms with Crippen molar-refractivity contribution in [1.82, 2.24) is 82.9 Å². The zero-order chi connectivity index (χ0) is 92.7. The summed E-state index contributed by atoms with van der Waals surface area (Å²) in [6.45, 7) is 20.4. The van der Waals surface area contributed by atoms with Crippen molar-refractivity contribution in [3.8, 4) is 44.5 Å². The van der Waals surface area contributed by atoms with E-state index >= 15 is 0 Å². The van der Waals surface area contributed by atoms with Gasteiger partial charge in [0.1, 0.15) is 104 Å². The normalized spacial score (nSPS) is 14.2. The highest BCUT2D eigenvalue weighted by molar-refractivity contribution is 7.15. The predicted molar refractivity (Wildman–Crippen MR) is 533 cm³/mol. The molecule has 5 aliphatic carbocycles. The third-order valence-corrected chi connectivity index (χ3v) is 25.8. The molecular weight excluding hydrogens is 1800 g/mol. The molecule has 21 rings (SSSR count). The van der Waals surface area contributed by atoms with Crippen LogP contribution in [0.2, 0.25) is 0 Å². The van der Waals surface area contributed by atoms with Crippen molar-refractivity contribution in [3.63, 3.8) is 0 Å². The lowest BCUT2D eigenvalue weighted by molar-refractivity contribution is 0.260. The lowest BCUT2D eigenvalue weighted by atomic mass is 9.92. The van der Waals surface area contributed by atoms with Crippen LogP contribution in [0.15, 0.2) is 145 Å². The summed E-state index contributed by atoms with van der Waals surface area (Å²) in [5, 5.41) is 39.7. The number of urea groups is 4. The van der Waals surface area contributed by atoms with Crippen molar-refractivity contribution < 1.29 is 41.3 Å². The quantitative estimate of drug-likeness (QED) is 0.0377. The van der Waals surface area contributed by atoms with Crippen molar-refractivity contribution in [3.05, 3.63) is 186 Å². The minimum absolute atomic E-state index is 0. The highest BCUT2D eigenvalue weighted by Crippen LogP contribution is 2.50. The zero-order valence-electron chi connectivity index (χ0n) is 73.3. The maximum atomic E-state index is 15.0. The first-order valence-electron chi connectivity index (χ1n) is 42.7. The minimum atomic E-state index is -0.617. The Kier molecular flexibility index (Phi) is 27.5. The van der Waals surface area contributed by atoms with Gasteiger partial charge < -0.3 is 67.0 Å². The molecule has 0 unspecified atom stereocenters. The van der Waals surface area contributed by atoms with Gasteiger partial charge in [0.2, 0.25) is 11.0 Å². The second-order valence-electron chi connectivity index (χ2n) is 36.6. The number of carbonyl (C=O) groups is 4. The van der Waals surface area contributed by atoms with E-state index in [1.807, 2.05) is 98.5 Å². The molecule has 16 N–H and O–H groups in total. The molecule has 5 fully saturated rings. The van der Waals surface area contributed by atoms with E-state index in [1.54, 1.807) is 30.3 Å². The highest BCUT2D eigenvalue weighted by Gasteiger charge is 2.42. The standard InChI is InChI=1S/C23H22FN7O2.2C23H24FN7OS.C22H23FN8OS.4CH4/c1-23(6-7-23)17-9-18(33-30-17)29-22(32)28-16-5-2-12(8-15(16)24)14-10-31(13-3-4-13)21-19(14)20(25)26-11-27-21;1-23(2,3)17-9-18(33-30-17)29-22(32)28-16-7-4-12(8-15(16)24)14-10-31(13-5-6-13)21-19(14)20(25)26-11-27-21;1-23(2,3)17-10-33-22(29-17)30-21(32)28-16-7-4-12(8-15(16)24)14-9-31(13-5-6-13)20-18(14)19(25)26-11-27-20;1-22(2,3)19-29-30-21(33-19)28-20(32)27-15-7-4-11(8-14(15)23)13-9-31(12-5-6-12)18-16(13)17(24)25-10-26-18;;;;/h2,5,8-11,13H,3-4,6-7H2,1H3,(H2,25,26,27)(H2,28,29,32);4,7-11,13H,5-6H2,1-3H3,(H2,25,26,27)(H2,28,29,32);4,7-11,13H,5-6H2,1-3H3,(H2,25,26,27)(H2,28,29,30,32);4,7-10,12H,5-6H2,1-3H3,(H2,24,25,26)(H2,27,28,30,32);4*1H4. The molecule has 0 bridgehead atoms. The van der Waals surface area contributed by atoms with E-state index < -0.39 is 47.4 Å². The predicted octanol–water partition coefficient (Wildman–Crippen LogP) is 23.4. The number of rotatable bonds is 17. The summed E-state index contributed by atoms with van der Waals surface area (Å²) < 4.78 is 77.6. The lowest BCUT2D eigenvalue weighted by Gasteiger charge is -2.14. The molecule has 0 spiro atoms. The monoisotopic (exact) mass is 1910 g/mol. The van der Waals surface area contributed by atoms with Crippen LogP contribution in [0, 0.1) is 23.3 Å². The summed E-state index contributed by atoms with van der Waals surface area (Å²) in [4.78, 5) is 87.9. The maximum Gasteiger partial charge on any atom is 0.326 e. The smallest absolute Gasteiger partial charge is 0.326 e. The summed E-state index contributed by atoms with van der Waals surface area (Å²) in [5.74, 6) is -0.621. The Morgan fingerprint density at radius 2 is 0.757 bits per heavy atom. The van der Waals surface area contributed by atoms with Crippen LogP contribution >= 0.6 is 34.2 Å². The fraction of sp³-hybridized carbons (Fsp3) is 0.337. The molecule has 12 aromatic heterocycles. The van der Waals surface area contributed by atoms with E-state index in [-0.39, 0.29) is 80.0 Å². The number of anilines is 12. The molecule has 136 heavy (non-hydrogen) atoms. The number of nitrogens with two attached hydrogens (primary N) is 4. The van der Waals surface area contributed by atoms with Crippen LogP contribution in [0.25, 0.3) is 88.6 Å². The van der Waals surface area contributed by atoms with Gasteiger partial charge in [-0.3, -0.25) is 21.3 Å². The van der Waals surface area contributed by atoms with E-state index in [2.05, 4.69) is 132 Å². The highest BCUT2D eigenvalue weighted by atomic mass is 32.1. The number of amides is 8. The van der Waals surface area contributed by atoms with Crippen LogP contribution in [-0.4, -0.2) is 107 Å². The van der Waals surface area contributed by atoms with Crippen LogP contribution in [0.1, 0.15) is 209 Å². The number of carbonyl (C=O) groups excluding carboxylic acids is 4. The Morgan fingerprint density at radius 3 is 1.06 bits per heavy atom. The number of benzene rings is 4. The molecule has 16 aromatic rings. The summed E-state index contributed by atoms with van der Waals surface area (Å²) in [5.41, 5.74) is 35.5. The van der Waals surface area contributed by atoms with Gasteiger partial charge in [-0.1, -0.05) is 140 Å². The van der Waals surface area contributed by atoms with E-state index in [9.17, 15) is 36.7 Å². The fourth-order valence-corrected chi connectivity index (χ4v) is 17.6. The zero-order valence-corrected chi connectivity index (χ0v) is 75.8. The average molecular weight is 1910 g/mol. The van der Waals surface area contributed by atoms with Crippen molar-refractivity contribution >= 4 is 170 Å². The number of hydrogen-bond acceptors (Lipinski definition) is 25. The summed E-state index contributed by atoms with van der Waals surface area (Å²) >= 11 is 3.80. The van der Waals surface area contributed by atoms with Crippen LogP contribution in [0.4, 0.5) is 104 Å². The second kappa shape index (κ2) is 38.4. The van der Waals surface area contributed by atoms with Crippen molar-refractivity contribution in [1.29, 1.82) is 0 Å². The number of thiazole rings is 1. The maximum absolute atomic E-state index is 15.0. The van der Waals surface area contributed by atoms with Gasteiger partial charge in [-0.2, -0.15) is 4.37 Å². The first-order valence-corrected chi connectivity index (χ1v) is 45.2. The first kappa shape index (κ1) is 97.4. The Bertz CT molecular complexity index is 6370. The van der Waals surface area contributed by atoms with E-state index in [4.69, 9.17) is 27.5 Å². The Morgan fingerprint density at radius 1 is 0.419 bits per heavy atom. The molecule has 4 aromatic carbocycles. The number of aromatic nitrogens is 17. The van der Waals surface area contributed by atoms with Crippen LogP contribution in [-0.2, 0) is 21.7 Å². The van der Waals surface area contributed by atoms with Crippen molar-refractivity contribution in [2.45, 2.75) is 209 Å². The number of hydrogen-bond donors (Lipinski definition) is 12. The largest absolute Gasteiger partial charge is 0.383 e. The van der Waals surface area contributed by atoms with E-state index in [1.165, 1.54) is 108 Å². The Hall–Kier alpha value is -14.6. The molecule has 41 heteroatoms. The third-order valence-electron chi connectivity index (χ3n) is 23.1. The minimum Gasteiger partial charge on any atom is -0.383 e. The number of nitrogens with one attached hydrogen (secondary N) is 8. The molecule has 8 amide bonds. The molecule has 0 aliphatic heterocycles. The molecule has 0 atom stereocenters. The van der Waals surface area contributed by atoms with Crippen molar-refractivity contribution in [2.75, 3.05) is 65.5 Å². The lowest BCUT2D eigenvalue weighted by Crippen LogP contribution is -2.20. The van der Waals surface area contributed by atoms with Gasteiger partial charge in [0.15, 0.2) is 5.13 Å².